The van der Waals surface area contributed by atoms with Crippen molar-refractivity contribution in [2.45, 2.75) is 80.9 Å². The van der Waals surface area contributed by atoms with E-state index in [4.69, 9.17) is 9.47 Å². The van der Waals surface area contributed by atoms with Gasteiger partial charge in [-0.15, -0.1) is 0 Å². The van der Waals surface area contributed by atoms with Crippen LogP contribution < -0.4 is 9.47 Å². The molecule has 4 fully saturated rings. The van der Waals surface area contributed by atoms with Crippen molar-refractivity contribution >= 4 is 5.78 Å². The number of hydrogen-bond donors (Lipinski definition) is 1. The van der Waals surface area contributed by atoms with Crippen LogP contribution in [0.2, 0.25) is 0 Å². The van der Waals surface area contributed by atoms with Crippen LogP contribution in [-0.4, -0.2) is 53.7 Å². The lowest BCUT2D eigenvalue weighted by atomic mass is 9.44. The van der Waals surface area contributed by atoms with Crippen LogP contribution in [-0.2, 0) is 16.6 Å². The van der Waals surface area contributed by atoms with E-state index in [2.05, 4.69) is 11.0 Å². The topological polar surface area (TPSA) is 59.0 Å². The number of carbonyl (C=O) groups is 1. The third-order valence-corrected chi connectivity index (χ3v) is 9.65. The molecule has 5 heteroatoms. The molecule has 6 aliphatic rings. The van der Waals surface area contributed by atoms with Crippen molar-refractivity contribution in [1.82, 2.24) is 4.90 Å². The molecule has 1 saturated heterocycles. The van der Waals surface area contributed by atoms with E-state index < -0.39 is 22.5 Å². The van der Waals surface area contributed by atoms with Gasteiger partial charge in [-0.1, -0.05) is 18.9 Å². The third-order valence-electron chi connectivity index (χ3n) is 9.65. The Morgan fingerprint density at radius 3 is 2.77 bits per heavy atom. The molecule has 3 saturated carbocycles. The van der Waals surface area contributed by atoms with Gasteiger partial charge >= 0.3 is 0 Å². The molecular formula is C25H31NO4. The standard InChI is InChI=1S/C25H31NO4/c1-29-17-7-6-16-12-18-25(28)14-23(8-2-3-9-23)21(27)22-24(25,19(16)20(17)30-22)10-11-26(18)13-15-4-5-15/h6-7,15,18,22,28H,2-5,8-14H2,1H3/t18?,22-,24?,25?/m0/s1. The highest BCUT2D eigenvalue weighted by Crippen LogP contribution is 2.69. The first kappa shape index (κ1) is 18.0. The molecule has 1 aromatic carbocycles. The Morgan fingerprint density at radius 1 is 1.23 bits per heavy atom. The number of nitrogens with zero attached hydrogens (tertiary/aromatic N) is 1. The van der Waals surface area contributed by atoms with Crippen LogP contribution in [0.1, 0.15) is 62.5 Å². The van der Waals surface area contributed by atoms with Gasteiger partial charge in [0.15, 0.2) is 23.4 Å². The van der Waals surface area contributed by atoms with Gasteiger partial charge in [-0.3, -0.25) is 9.69 Å². The Morgan fingerprint density at radius 2 is 2.03 bits per heavy atom. The number of benzene rings is 1. The van der Waals surface area contributed by atoms with Gasteiger partial charge in [-0.2, -0.15) is 0 Å². The summed E-state index contributed by atoms with van der Waals surface area (Å²) in [4.78, 5) is 16.6. The van der Waals surface area contributed by atoms with Gasteiger partial charge in [0.25, 0.3) is 0 Å². The van der Waals surface area contributed by atoms with E-state index in [9.17, 15) is 9.90 Å². The minimum absolute atomic E-state index is 0.0790. The number of aliphatic hydroxyl groups is 1. The fourth-order valence-corrected chi connectivity index (χ4v) is 8.15. The molecule has 4 aliphatic carbocycles. The van der Waals surface area contributed by atoms with E-state index in [0.717, 1.165) is 68.8 Å². The SMILES string of the molecule is COc1ccc2c3c1O[C@H]1C(=O)C4(CCCC4)CC4(O)C(C2)N(CC2CC2)CCC314. The zero-order valence-electron chi connectivity index (χ0n) is 17.8. The van der Waals surface area contributed by atoms with E-state index in [1.807, 2.05) is 6.07 Å². The molecule has 2 aliphatic heterocycles. The van der Waals surface area contributed by atoms with Crippen molar-refractivity contribution in [2.75, 3.05) is 20.2 Å². The van der Waals surface area contributed by atoms with E-state index >= 15 is 0 Å². The van der Waals surface area contributed by atoms with Crippen molar-refractivity contribution in [3.05, 3.63) is 23.3 Å². The monoisotopic (exact) mass is 409 g/mol. The van der Waals surface area contributed by atoms with Crippen LogP contribution in [0.4, 0.5) is 0 Å². The Labute approximate surface area is 177 Å². The summed E-state index contributed by atoms with van der Waals surface area (Å²) in [6.45, 7) is 2.04. The van der Waals surface area contributed by atoms with Crippen LogP contribution in [0.3, 0.4) is 0 Å². The molecule has 160 valence electrons. The number of rotatable bonds is 3. The summed E-state index contributed by atoms with van der Waals surface area (Å²) in [5.74, 6) is 2.48. The van der Waals surface area contributed by atoms with Crippen LogP contribution in [0.15, 0.2) is 12.1 Å². The molecule has 0 aromatic heterocycles. The van der Waals surface area contributed by atoms with Crippen molar-refractivity contribution in [1.29, 1.82) is 0 Å². The van der Waals surface area contributed by atoms with Gasteiger partial charge < -0.3 is 14.6 Å². The Kier molecular flexibility index (Phi) is 3.37. The Bertz CT molecular complexity index is 949. The summed E-state index contributed by atoms with van der Waals surface area (Å²) in [5.41, 5.74) is 0.418. The summed E-state index contributed by atoms with van der Waals surface area (Å²) in [6.07, 6.45) is 8.30. The summed E-state index contributed by atoms with van der Waals surface area (Å²) in [7, 11) is 1.66. The van der Waals surface area contributed by atoms with Crippen molar-refractivity contribution in [2.24, 2.45) is 11.3 Å². The van der Waals surface area contributed by atoms with Crippen LogP contribution in [0.5, 0.6) is 11.5 Å². The Balaban J connectivity index is 1.46. The third kappa shape index (κ3) is 1.91. The molecule has 2 spiro atoms. The minimum atomic E-state index is -0.909. The van der Waals surface area contributed by atoms with Gasteiger partial charge in [0.1, 0.15) is 0 Å². The number of hydrogen-bond acceptors (Lipinski definition) is 5. The molecule has 0 radical (unpaired) electrons. The second-order valence-corrected chi connectivity index (χ2v) is 11.0. The molecule has 2 bridgehead atoms. The summed E-state index contributed by atoms with van der Waals surface area (Å²) in [6, 6.07) is 4.22. The lowest BCUT2D eigenvalue weighted by Crippen LogP contribution is -2.79. The summed E-state index contributed by atoms with van der Waals surface area (Å²) < 4.78 is 12.2. The Hall–Kier alpha value is -1.59. The number of carbonyl (C=O) groups excluding carboxylic acids is 1. The summed E-state index contributed by atoms with van der Waals surface area (Å²) in [5, 5.41) is 12.7. The molecule has 1 N–H and O–H groups in total. The molecule has 30 heavy (non-hydrogen) atoms. The molecule has 5 nitrogen and oxygen atoms in total. The first-order chi connectivity index (χ1) is 14.5. The highest BCUT2D eigenvalue weighted by atomic mass is 16.5. The van der Waals surface area contributed by atoms with E-state index in [-0.39, 0.29) is 11.8 Å². The second kappa shape index (κ2) is 5.60. The van der Waals surface area contributed by atoms with Crippen LogP contribution in [0.25, 0.3) is 0 Å². The predicted octanol–water partition coefficient (Wildman–Crippen LogP) is 3.00. The van der Waals surface area contributed by atoms with Gasteiger partial charge in [-0.25, -0.2) is 0 Å². The first-order valence-electron chi connectivity index (χ1n) is 11.9. The lowest BCUT2D eigenvalue weighted by Gasteiger charge is -2.65. The zero-order chi connectivity index (χ0) is 20.3. The first-order valence-corrected chi connectivity index (χ1v) is 11.9. The van der Waals surface area contributed by atoms with Gasteiger partial charge in [0.2, 0.25) is 0 Å². The smallest absolute Gasteiger partial charge is 0.180 e. The fraction of sp³-hybridized carbons (Fsp3) is 0.720. The zero-order valence-corrected chi connectivity index (χ0v) is 17.8. The normalized spacial score (nSPS) is 40.4. The number of likely N-dealkylation sites (tertiary alicyclic amines) is 1. The van der Waals surface area contributed by atoms with Crippen molar-refractivity contribution in [3.8, 4) is 11.5 Å². The molecule has 2 heterocycles. The lowest BCUT2D eigenvalue weighted by molar-refractivity contribution is -0.209. The molecule has 0 amide bonds. The van der Waals surface area contributed by atoms with Crippen molar-refractivity contribution in [3.63, 3.8) is 0 Å². The van der Waals surface area contributed by atoms with Gasteiger partial charge in [0, 0.05) is 23.6 Å². The van der Waals surface area contributed by atoms with Gasteiger partial charge in [0.05, 0.1) is 18.1 Å². The quantitative estimate of drug-likeness (QED) is 0.832. The number of Topliss-reactive ketones (excluding diaryl/α,β-unsaturated/α-hetero) is 1. The number of methoxy groups -OCH3 is 1. The molecule has 1 aromatic rings. The molecular weight excluding hydrogens is 378 g/mol. The average molecular weight is 410 g/mol. The van der Waals surface area contributed by atoms with E-state index in [1.54, 1.807) is 7.11 Å². The van der Waals surface area contributed by atoms with E-state index in [0.29, 0.717) is 12.2 Å². The number of ketones is 1. The van der Waals surface area contributed by atoms with Crippen molar-refractivity contribution < 1.29 is 19.4 Å². The van der Waals surface area contributed by atoms with E-state index in [1.165, 1.54) is 18.4 Å². The average Bonchev–Trinajstić information content (AvgIpc) is 3.30. The van der Waals surface area contributed by atoms with Gasteiger partial charge in [-0.05, 0) is 69.0 Å². The van der Waals surface area contributed by atoms with Crippen LogP contribution >= 0.6 is 0 Å². The largest absolute Gasteiger partial charge is 0.493 e. The fourth-order valence-electron chi connectivity index (χ4n) is 8.15. The highest BCUT2D eigenvalue weighted by molar-refractivity contribution is 5.95. The highest BCUT2D eigenvalue weighted by Gasteiger charge is 2.77. The number of piperidine rings is 1. The molecule has 3 unspecified atom stereocenters. The predicted molar refractivity (Wildman–Crippen MR) is 111 cm³/mol. The molecule has 4 atom stereocenters. The minimum Gasteiger partial charge on any atom is -0.493 e. The number of ether oxygens (including phenoxy) is 2. The maximum atomic E-state index is 14.0. The van der Waals surface area contributed by atoms with Crippen LogP contribution in [0, 0.1) is 11.3 Å². The maximum absolute atomic E-state index is 14.0. The molecule has 7 rings (SSSR count). The second-order valence-electron chi connectivity index (χ2n) is 11.0. The maximum Gasteiger partial charge on any atom is 0.180 e. The summed E-state index contributed by atoms with van der Waals surface area (Å²) >= 11 is 0.